The molecule has 100 valence electrons. The molecule has 0 radical (unpaired) electrons. The number of nitrogens with one attached hydrogen (secondary N) is 1. The van der Waals surface area contributed by atoms with Crippen molar-refractivity contribution in [3.63, 3.8) is 0 Å². The van der Waals surface area contributed by atoms with Crippen LogP contribution in [0.3, 0.4) is 0 Å². The monoisotopic (exact) mass is 269 g/mol. The minimum atomic E-state index is -2.80. The van der Waals surface area contributed by atoms with Crippen molar-refractivity contribution < 1.29 is 8.42 Å². The fourth-order valence-corrected chi connectivity index (χ4v) is 3.62. The Kier molecular flexibility index (Phi) is 3.85. The quantitative estimate of drug-likeness (QED) is 0.896. The zero-order valence-electron chi connectivity index (χ0n) is 10.8. The first kappa shape index (κ1) is 13.3. The molecule has 0 aliphatic carbocycles. The Morgan fingerprint density at radius 2 is 2.00 bits per heavy atom. The summed E-state index contributed by atoms with van der Waals surface area (Å²) in [6.45, 7) is 3.93. The predicted octanol–water partition coefficient (Wildman–Crippen LogP) is 1.34. The highest BCUT2D eigenvalue weighted by atomic mass is 32.2. The first-order valence-electron chi connectivity index (χ1n) is 6.30. The normalized spacial score (nSPS) is 19.7. The zero-order valence-corrected chi connectivity index (χ0v) is 11.6. The highest BCUT2D eigenvalue weighted by Crippen LogP contribution is 2.17. The molecular formula is C12H19N3O2S. The lowest BCUT2D eigenvalue weighted by atomic mass is 10.1. The maximum atomic E-state index is 11.3. The van der Waals surface area contributed by atoms with E-state index in [9.17, 15) is 8.42 Å². The Balaban J connectivity index is 2.04. The molecule has 0 atom stereocenters. The number of hydrogen-bond donors (Lipinski definition) is 1. The van der Waals surface area contributed by atoms with Gasteiger partial charge in [0.25, 0.3) is 0 Å². The Morgan fingerprint density at radius 1 is 1.33 bits per heavy atom. The van der Waals surface area contributed by atoms with E-state index >= 15 is 0 Å². The number of aryl methyl sites for hydroxylation is 2. The van der Waals surface area contributed by atoms with Crippen LogP contribution in [0.25, 0.3) is 0 Å². The fraction of sp³-hybridized carbons (Fsp3) is 0.667. The molecule has 0 unspecified atom stereocenters. The largest absolute Gasteiger partial charge is 0.367 e. The smallest absolute Gasteiger partial charge is 0.150 e. The summed E-state index contributed by atoms with van der Waals surface area (Å²) in [5, 5.41) is 3.32. The highest BCUT2D eigenvalue weighted by molar-refractivity contribution is 7.91. The standard InChI is InChI=1S/C12H19N3O2S/c1-3-10-8-12(14-9(2)13-10)15-11-4-6-18(16,17)7-5-11/h8,11H,3-7H2,1-2H3,(H,13,14,15). The van der Waals surface area contributed by atoms with Crippen molar-refractivity contribution in [3.05, 3.63) is 17.6 Å². The topological polar surface area (TPSA) is 72.0 Å². The van der Waals surface area contributed by atoms with Gasteiger partial charge in [-0.15, -0.1) is 0 Å². The minimum Gasteiger partial charge on any atom is -0.367 e. The van der Waals surface area contributed by atoms with Crippen LogP contribution in [0.4, 0.5) is 5.82 Å². The van der Waals surface area contributed by atoms with Crippen molar-refractivity contribution in [2.24, 2.45) is 0 Å². The molecule has 1 aromatic heterocycles. The summed E-state index contributed by atoms with van der Waals surface area (Å²) in [5.41, 5.74) is 1.01. The first-order valence-corrected chi connectivity index (χ1v) is 8.12. The van der Waals surface area contributed by atoms with Crippen LogP contribution in [-0.2, 0) is 16.3 Å². The second-order valence-corrected chi connectivity index (χ2v) is 7.02. The van der Waals surface area contributed by atoms with E-state index in [4.69, 9.17) is 0 Å². The number of sulfone groups is 1. The van der Waals surface area contributed by atoms with E-state index in [0.717, 1.165) is 23.8 Å². The van der Waals surface area contributed by atoms with Crippen molar-refractivity contribution in [3.8, 4) is 0 Å². The fourth-order valence-electron chi connectivity index (χ4n) is 2.13. The molecule has 2 heterocycles. The van der Waals surface area contributed by atoms with Crippen LogP contribution in [0.1, 0.15) is 31.3 Å². The molecule has 6 heteroatoms. The van der Waals surface area contributed by atoms with Gasteiger partial charge in [0.15, 0.2) is 0 Å². The van der Waals surface area contributed by atoms with Gasteiger partial charge in [0.05, 0.1) is 11.5 Å². The highest BCUT2D eigenvalue weighted by Gasteiger charge is 2.23. The molecule has 1 aliphatic rings. The number of aromatic nitrogens is 2. The first-order chi connectivity index (χ1) is 8.48. The van der Waals surface area contributed by atoms with Crippen LogP contribution < -0.4 is 5.32 Å². The number of nitrogens with zero attached hydrogens (tertiary/aromatic N) is 2. The molecule has 5 nitrogen and oxygen atoms in total. The van der Waals surface area contributed by atoms with E-state index < -0.39 is 9.84 Å². The molecule has 0 saturated carbocycles. The van der Waals surface area contributed by atoms with Gasteiger partial charge in [-0.3, -0.25) is 0 Å². The van der Waals surface area contributed by atoms with Gasteiger partial charge in [-0.2, -0.15) is 0 Å². The molecule has 1 saturated heterocycles. The molecule has 2 rings (SSSR count). The lowest BCUT2D eigenvalue weighted by Crippen LogP contribution is -2.32. The molecule has 0 aromatic carbocycles. The average Bonchev–Trinajstić information content (AvgIpc) is 2.31. The summed E-state index contributed by atoms with van der Waals surface area (Å²) in [6.07, 6.45) is 2.19. The second kappa shape index (κ2) is 5.22. The van der Waals surface area contributed by atoms with Gasteiger partial charge in [0.2, 0.25) is 0 Å². The Bertz CT molecular complexity index is 514. The zero-order chi connectivity index (χ0) is 13.2. The van der Waals surface area contributed by atoms with Gasteiger partial charge in [0.1, 0.15) is 21.5 Å². The molecular weight excluding hydrogens is 250 g/mol. The summed E-state index contributed by atoms with van der Waals surface area (Å²) in [6, 6.07) is 2.14. The SMILES string of the molecule is CCc1cc(NC2CCS(=O)(=O)CC2)nc(C)n1. The summed E-state index contributed by atoms with van der Waals surface area (Å²) in [4.78, 5) is 8.66. The number of rotatable bonds is 3. The van der Waals surface area contributed by atoms with E-state index in [-0.39, 0.29) is 17.5 Å². The third-order valence-electron chi connectivity index (χ3n) is 3.16. The van der Waals surface area contributed by atoms with Crippen LogP contribution in [0.5, 0.6) is 0 Å². The summed E-state index contributed by atoms with van der Waals surface area (Å²) < 4.78 is 22.7. The van der Waals surface area contributed by atoms with Crippen LogP contribution >= 0.6 is 0 Å². The van der Waals surface area contributed by atoms with E-state index in [0.29, 0.717) is 12.8 Å². The number of hydrogen-bond acceptors (Lipinski definition) is 5. The van der Waals surface area contributed by atoms with Crippen LogP contribution in [0.15, 0.2) is 6.07 Å². The van der Waals surface area contributed by atoms with E-state index in [1.165, 1.54) is 0 Å². The molecule has 1 aliphatic heterocycles. The van der Waals surface area contributed by atoms with Gasteiger partial charge >= 0.3 is 0 Å². The van der Waals surface area contributed by atoms with Gasteiger partial charge in [-0.25, -0.2) is 18.4 Å². The summed E-state index contributed by atoms with van der Waals surface area (Å²) in [7, 11) is -2.80. The van der Waals surface area contributed by atoms with E-state index in [1.54, 1.807) is 0 Å². The van der Waals surface area contributed by atoms with Crippen molar-refractivity contribution in [1.29, 1.82) is 0 Å². The van der Waals surface area contributed by atoms with Gasteiger partial charge in [-0.05, 0) is 26.2 Å². The molecule has 1 aromatic rings. The molecule has 0 amide bonds. The van der Waals surface area contributed by atoms with Crippen molar-refractivity contribution in [2.75, 3.05) is 16.8 Å². The predicted molar refractivity (Wildman–Crippen MR) is 71.4 cm³/mol. The lowest BCUT2D eigenvalue weighted by Gasteiger charge is -2.23. The Morgan fingerprint density at radius 3 is 2.61 bits per heavy atom. The molecule has 1 N–H and O–H groups in total. The third kappa shape index (κ3) is 3.41. The Hall–Kier alpha value is -1.17. The lowest BCUT2D eigenvalue weighted by molar-refractivity contribution is 0.559. The van der Waals surface area contributed by atoms with Gasteiger partial charge < -0.3 is 5.32 Å². The van der Waals surface area contributed by atoms with Crippen LogP contribution in [0.2, 0.25) is 0 Å². The molecule has 0 bridgehead atoms. The van der Waals surface area contributed by atoms with Crippen molar-refractivity contribution in [2.45, 2.75) is 39.2 Å². The van der Waals surface area contributed by atoms with Crippen LogP contribution in [-0.4, -0.2) is 35.9 Å². The molecule has 0 spiro atoms. The summed E-state index contributed by atoms with van der Waals surface area (Å²) >= 11 is 0. The Labute approximate surface area is 108 Å². The average molecular weight is 269 g/mol. The second-order valence-electron chi connectivity index (χ2n) is 4.72. The molecule has 18 heavy (non-hydrogen) atoms. The van der Waals surface area contributed by atoms with Crippen LogP contribution in [0, 0.1) is 6.92 Å². The third-order valence-corrected chi connectivity index (χ3v) is 4.88. The molecule has 1 fully saturated rings. The van der Waals surface area contributed by atoms with E-state index in [1.807, 2.05) is 13.0 Å². The van der Waals surface area contributed by atoms with Crippen molar-refractivity contribution >= 4 is 15.7 Å². The summed E-state index contributed by atoms with van der Waals surface area (Å²) in [5.74, 6) is 2.11. The van der Waals surface area contributed by atoms with E-state index in [2.05, 4.69) is 22.2 Å². The maximum Gasteiger partial charge on any atom is 0.150 e. The van der Waals surface area contributed by atoms with Gasteiger partial charge in [0, 0.05) is 17.8 Å². The number of anilines is 1. The van der Waals surface area contributed by atoms with Gasteiger partial charge in [-0.1, -0.05) is 6.92 Å². The minimum absolute atomic E-state index is 0.201. The maximum absolute atomic E-state index is 11.3. The van der Waals surface area contributed by atoms with Crippen molar-refractivity contribution in [1.82, 2.24) is 9.97 Å².